The van der Waals surface area contributed by atoms with Gasteiger partial charge in [0.1, 0.15) is 5.82 Å². The van der Waals surface area contributed by atoms with E-state index in [-0.39, 0.29) is 30.0 Å². The highest BCUT2D eigenvalue weighted by Gasteiger charge is 2.19. The summed E-state index contributed by atoms with van der Waals surface area (Å²) in [4.78, 5) is 29.2. The summed E-state index contributed by atoms with van der Waals surface area (Å²) in [5, 5.41) is 3.62. The number of urea groups is 1. The number of rotatable bonds is 4. The van der Waals surface area contributed by atoms with Gasteiger partial charge >= 0.3 is 6.03 Å². The molecule has 2 aromatic carbocycles. The standard InChI is InChI=1S/C21H22FN3O2/c1-13(2)25(21(27)23-16-9-8-14(3)18(22)11-16)12-15-10-20(26)24-19-7-5-4-6-17(15)19/h4-11,13H,12H2,1-3H3,(H,23,27)(H,24,26). The molecule has 1 aromatic heterocycles. The highest BCUT2D eigenvalue weighted by Crippen LogP contribution is 2.19. The number of nitrogens with zero attached hydrogens (tertiary/aromatic N) is 1. The summed E-state index contributed by atoms with van der Waals surface area (Å²) in [6.07, 6.45) is 0. The van der Waals surface area contributed by atoms with E-state index in [9.17, 15) is 14.0 Å². The molecule has 0 atom stereocenters. The Morgan fingerprint density at radius 3 is 2.63 bits per heavy atom. The molecule has 0 fully saturated rings. The van der Waals surface area contributed by atoms with Crippen molar-refractivity contribution in [2.24, 2.45) is 0 Å². The van der Waals surface area contributed by atoms with Gasteiger partial charge in [0.2, 0.25) is 5.56 Å². The Hall–Kier alpha value is -3.15. The number of aromatic nitrogens is 1. The maximum atomic E-state index is 13.8. The molecule has 0 saturated carbocycles. The fourth-order valence-corrected chi connectivity index (χ4v) is 2.95. The number of aryl methyl sites for hydroxylation is 1. The molecule has 3 aromatic rings. The van der Waals surface area contributed by atoms with Crippen molar-refractivity contribution in [3.05, 3.63) is 75.8 Å². The molecule has 3 rings (SSSR count). The van der Waals surface area contributed by atoms with E-state index in [4.69, 9.17) is 0 Å². The third-order valence-electron chi connectivity index (χ3n) is 4.48. The third-order valence-corrected chi connectivity index (χ3v) is 4.48. The van der Waals surface area contributed by atoms with Crippen LogP contribution in [-0.2, 0) is 6.54 Å². The maximum absolute atomic E-state index is 13.8. The Kier molecular flexibility index (Phi) is 5.26. The quantitative estimate of drug-likeness (QED) is 0.717. The largest absolute Gasteiger partial charge is 0.322 e. The van der Waals surface area contributed by atoms with Crippen LogP contribution in [0, 0.1) is 12.7 Å². The minimum absolute atomic E-state index is 0.113. The second kappa shape index (κ2) is 7.61. The first-order valence-corrected chi connectivity index (χ1v) is 8.80. The SMILES string of the molecule is Cc1ccc(NC(=O)N(Cc2cc(=O)[nH]c3ccccc23)C(C)C)cc1F. The number of amides is 2. The van der Waals surface area contributed by atoms with Gasteiger partial charge in [-0.15, -0.1) is 0 Å². The van der Waals surface area contributed by atoms with E-state index < -0.39 is 0 Å². The number of carbonyl (C=O) groups is 1. The molecular formula is C21H22FN3O2. The molecule has 0 aliphatic heterocycles. The number of pyridine rings is 1. The molecule has 140 valence electrons. The smallest absolute Gasteiger partial charge is 0.322 e. The minimum Gasteiger partial charge on any atom is -0.322 e. The number of hydrogen-bond donors (Lipinski definition) is 2. The van der Waals surface area contributed by atoms with Gasteiger partial charge in [-0.05, 0) is 50.1 Å². The fraction of sp³-hybridized carbons (Fsp3) is 0.238. The first kappa shape index (κ1) is 18.6. The van der Waals surface area contributed by atoms with Crippen molar-refractivity contribution in [3.63, 3.8) is 0 Å². The number of aromatic amines is 1. The molecule has 0 spiro atoms. The molecular weight excluding hydrogens is 345 g/mol. The molecule has 0 bridgehead atoms. The van der Waals surface area contributed by atoms with Crippen LogP contribution in [0.3, 0.4) is 0 Å². The summed E-state index contributed by atoms with van der Waals surface area (Å²) in [7, 11) is 0. The lowest BCUT2D eigenvalue weighted by molar-refractivity contribution is 0.194. The molecule has 5 nitrogen and oxygen atoms in total. The molecule has 27 heavy (non-hydrogen) atoms. The van der Waals surface area contributed by atoms with Crippen LogP contribution < -0.4 is 10.9 Å². The van der Waals surface area contributed by atoms with Crippen molar-refractivity contribution in [3.8, 4) is 0 Å². The van der Waals surface area contributed by atoms with Gasteiger partial charge in [-0.3, -0.25) is 4.79 Å². The van der Waals surface area contributed by atoms with Crippen LogP contribution in [0.5, 0.6) is 0 Å². The van der Waals surface area contributed by atoms with E-state index in [1.54, 1.807) is 24.0 Å². The Bertz CT molecular complexity index is 1040. The molecule has 2 N–H and O–H groups in total. The van der Waals surface area contributed by atoms with E-state index in [2.05, 4.69) is 10.3 Å². The molecule has 1 heterocycles. The number of benzene rings is 2. The molecule has 0 radical (unpaired) electrons. The van der Waals surface area contributed by atoms with E-state index in [0.29, 0.717) is 11.3 Å². The molecule has 6 heteroatoms. The minimum atomic E-state index is -0.371. The monoisotopic (exact) mass is 367 g/mol. The highest BCUT2D eigenvalue weighted by molar-refractivity contribution is 5.90. The lowest BCUT2D eigenvalue weighted by Gasteiger charge is -2.27. The van der Waals surface area contributed by atoms with Crippen molar-refractivity contribution >= 4 is 22.6 Å². The van der Waals surface area contributed by atoms with E-state index >= 15 is 0 Å². The molecule has 0 saturated heterocycles. The summed E-state index contributed by atoms with van der Waals surface area (Å²) in [6.45, 7) is 5.72. The Labute approximate surface area is 156 Å². The van der Waals surface area contributed by atoms with Gasteiger partial charge in [0.25, 0.3) is 0 Å². The summed E-state index contributed by atoms with van der Waals surface area (Å²) < 4.78 is 13.8. The van der Waals surface area contributed by atoms with Crippen molar-refractivity contribution in [1.29, 1.82) is 0 Å². The molecule has 0 aliphatic carbocycles. The first-order valence-electron chi connectivity index (χ1n) is 8.80. The van der Waals surface area contributed by atoms with Gasteiger partial charge in [-0.1, -0.05) is 24.3 Å². The van der Waals surface area contributed by atoms with Crippen LogP contribution in [0.2, 0.25) is 0 Å². The van der Waals surface area contributed by atoms with Crippen LogP contribution in [-0.4, -0.2) is 22.0 Å². The number of para-hydroxylation sites is 1. The third kappa shape index (κ3) is 4.16. The Balaban J connectivity index is 1.89. The number of anilines is 1. The van der Waals surface area contributed by atoms with E-state index in [1.165, 1.54) is 12.1 Å². The van der Waals surface area contributed by atoms with E-state index in [0.717, 1.165) is 16.5 Å². The van der Waals surface area contributed by atoms with Crippen LogP contribution in [0.1, 0.15) is 25.0 Å². The second-order valence-electron chi connectivity index (χ2n) is 6.82. The zero-order valence-corrected chi connectivity index (χ0v) is 15.5. The van der Waals surface area contributed by atoms with Crippen molar-refractivity contribution < 1.29 is 9.18 Å². The summed E-state index contributed by atoms with van der Waals surface area (Å²) >= 11 is 0. The number of fused-ring (bicyclic) bond motifs is 1. The van der Waals surface area contributed by atoms with Crippen molar-refractivity contribution in [2.75, 3.05) is 5.32 Å². The predicted molar refractivity (Wildman–Crippen MR) is 105 cm³/mol. The van der Waals surface area contributed by atoms with Gasteiger partial charge in [0.05, 0.1) is 0 Å². The molecule has 2 amide bonds. The fourth-order valence-electron chi connectivity index (χ4n) is 2.95. The van der Waals surface area contributed by atoms with Gasteiger partial charge in [0, 0.05) is 35.2 Å². The number of halogens is 1. The average molecular weight is 367 g/mol. The first-order chi connectivity index (χ1) is 12.8. The lowest BCUT2D eigenvalue weighted by Crippen LogP contribution is -2.39. The summed E-state index contributed by atoms with van der Waals surface area (Å²) in [6, 6.07) is 13.1. The normalized spacial score (nSPS) is 11.0. The van der Waals surface area contributed by atoms with Crippen LogP contribution >= 0.6 is 0 Å². The van der Waals surface area contributed by atoms with Gasteiger partial charge in [-0.25, -0.2) is 9.18 Å². The molecule has 0 unspecified atom stereocenters. The van der Waals surface area contributed by atoms with Gasteiger partial charge in [0.15, 0.2) is 0 Å². The Morgan fingerprint density at radius 2 is 1.93 bits per heavy atom. The zero-order valence-electron chi connectivity index (χ0n) is 15.5. The number of hydrogen-bond acceptors (Lipinski definition) is 2. The highest BCUT2D eigenvalue weighted by atomic mass is 19.1. The zero-order chi connectivity index (χ0) is 19.6. The number of carbonyl (C=O) groups excluding carboxylic acids is 1. The van der Waals surface area contributed by atoms with Crippen LogP contribution in [0.25, 0.3) is 10.9 Å². The second-order valence-corrected chi connectivity index (χ2v) is 6.82. The summed E-state index contributed by atoms with van der Waals surface area (Å²) in [5.74, 6) is -0.371. The summed E-state index contributed by atoms with van der Waals surface area (Å²) in [5.41, 5.74) is 2.18. The van der Waals surface area contributed by atoms with Gasteiger partial charge in [-0.2, -0.15) is 0 Å². The topological polar surface area (TPSA) is 65.2 Å². The van der Waals surface area contributed by atoms with E-state index in [1.807, 2.05) is 38.1 Å². The number of nitrogens with one attached hydrogen (secondary N) is 2. The van der Waals surface area contributed by atoms with Crippen molar-refractivity contribution in [1.82, 2.24) is 9.88 Å². The van der Waals surface area contributed by atoms with Gasteiger partial charge < -0.3 is 15.2 Å². The number of H-pyrrole nitrogens is 1. The maximum Gasteiger partial charge on any atom is 0.322 e. The van der Waals surface area contributed by atoms with Crippen LogP contribution in [0.4, 0.5) is 14.9 Å². The lowest BCUT2D eigenvalue weighted by atomic mass is 10.1. The Morgan fingerprint density at radius 1 is 1.19 bits per heavy atom. The average Bonchev–Trinajstić information content (AvgIpc) is 2.62. The van der Waals surface area contributed by atoms with Crippen molar-refractivity contribution in [2.45, 2.75) is 33.4 Å². The van der Waals surface area contributed by atoms with Crippen LogP contribution in [0.15, 0.2) is 53.3 Å². The molecule has 0 aliphatic rings. The predicted octanol–water partition coefficient (Wildman–Crippen LogP) is 4.42.